The third-order valence-electron chi connectivity index (χ3n) is 3.47. The second-order valence-electron chi connectivity index (χ2n) is 4.80. The molecular weight excluding hydrogens is 256 g/mol. The topological polar surface area (TPSA) is 57.6 Å². The number of halogens is 1. The van der Waals surface area contributed by atoms with Crippen molar-refractivity contribution in [3.05, 3.63) is 35.6 Å². The second kappa shape index (κ2) is 7.46. The number of aliphatic carboxylic acids is 1. The van der Waals surface area contributed by atoms with E-state index in [9.17, 15) is 14.0 Å². The quantitative estimate of drug-likeness (QED) is 0.704. The first kappa shape index (κ1) is 16.7. The van der Waals surface area contributed by atoms with Crippen molar-refractivity contribution in [2.75, 3.05) is 13.1 Å². The van der Waals surface area contributed by atoms with Gasteiger partial charge in [0.2, 0.25) is 5.91 Å². The van der Waals surface area contributed by atoms with E-state index in [0.29, 0.717) is 25.9 Å². The molecule has 1 heterocycles. The summed E-state index contributed by atoms with van der Waals surface area (Å²) < 4.78 is 12.7. The van der Waals surface area contributed by atoms with Crippen molar-refractivity contribution in [3.8, 4) is 0 Å². The zero-order valence-electron chi connectivity index (χ0n) is 12.5. The number of carbonyl (C=O) groups is 2. The van der Waals surface area contributed by atoms with Crippen LogP contribution in [0.15, 0.2) is 24.3 Å². The average Bonchev–Trinajstić information content (AvgIpc) is 2.41. The van der Waals surface area contributed by atoms with Crippen LogP contribution in [0.4, 0.5) is 4.39 Å². The number of benzene rings is 1. The molecule has 0 aromatic heterocycles. The van der Waals surface area contributed by atoms with Crippen molar-refractivity contribution in [1.82, 2.24) is 4.90 Å². The molecule has 0 aliphatic carbocycles. The van der Waals surface area contributed by atoms with Crippen LogP contribution in [0.2, 0.25) is 0 Å². The van der Waals surface area contributed by atoms with Crippen molar-refractivity contribution in [2.45, 2.75) is 19.3 Å². The van der Waals surface area contributed by atoms with Gasteiger partial charge in [-0.25, -0.2) is 4.39 Å². The molecule has 1 aliphatic heterocycles. The van der Waals surface area contributed by atoms with Gasteiger partial charge in [0.05, 0.1) is 12.3 Å². The Labute approximate surface area is 130 Å². The molecule has 1 amide bonds. The van der Waals surface area contributed by atoms with Crippen molar-refractivity contribution in [1.29, 1.82) is 0 Å². The predicted octanol–water partition coefficient (Wildman–Crippen LogP) is -1.19. The summed E-state index contributed by atoms with van der Waals surface area (Å²) in [5.74, 6) is -1.48. The van der Waals surface area contributed by atoms with Crippen molar-refractivity contribution in [2.24, 2.45) is 5.92 Å². The molecule has 0 saturated carbocycles. The molecule has 4 nitrogen and oxygen atoms in total. The predicted molar refractivity (Wildman–Crippen MR) is 68.2 cm³/mol. The molecule has 1 aromatic carbocycles. The number of likely N-dealkylation sites (tertiary alicyclic amines) is 1. The summed E-state index contributed by atoms with van der Waals surface area (Å²) in [5, 5.41) is 8.89. The monoisotopic (exact) mass is 273 g/mol. The third-order valence-corrected chi connectivity index (χ3v) is 3.47. The van der Waals surface area contributed by atoms with Gasteiger partial charge >= 0.3 is 24.8 Å². The van der Waals surface area contributed by atoms with Crippen molar-refractivity contribution >= 4 is 11.9 Å². The van der Waals surface area contributed by atoms with E-state index in [1.54, 1.807) is 17.0 Å². The SMILES string of the molecule is O=C(O)C1CCN(C(=O)Cc2ccc(F)cc2)CC1.[H-].[Li+]. The summed E-state index contributed by atoms with van der Waals surface area (Å²) in [7, 11) is 0. The molecule has 2 rings (SSSR count). The maximum atomic E-state index is 12.7. The zero-order valence-corrected chi connectivity index (χ0v) is 11.5. The molecule has 1 saturated heterocycles. The fraction of sp³-hybridized carbons (Fsp3) is 0.429. The van der Waals surface area contributed by atoms with E-state index in [0.717, 1.165) is 5.56 Å². The van der Waals surface area contributed by atoms with Crippen LogP contribution in [0.3, 0.4) is 0 Å². The minimum absolute atomic E-state index is 0. The van der Waals surface area contributed by atoms with E-state index >= 15 is 0 Å². The minimum atomic E-state index is -0.786. The van der Waals surface area contributed by atoms with Gasteiger partial charge in [-0.05, 0) is 30.5 Å². The number of amides is 1. The number of carboxylic acid groups (broad SMARTS) is 1. The van der Waals surface area contributed by atoms with Gasteiger partial charge in [-0.3, -0.25) is 9.59 Å². The molecule has 6 heteroatoms. The van der Waals surface area contributed by atoms with Crippen molar-refractivity contribution < 1.29 is 39.4 Å². The standard InChI is InChI=1S/C14H16FNO3.Li.H/c15-12-3-1-10(2-4-12)9-13(17)16-7-5-11(6-8-16)14(18)19;;/h1-4,11H,5-9H2,(H,18,19);;/q;+1;-1. The minimum Gasteiger partial charge on any atom is -1.00 e. The Balaban J connectivity index is 0.00000200. The van der Waals surface area contributed by atoms with Gasteiger partial charge in [0, 0.05) is 13.1 Å². The fourth-order valence-corrected chi connectivity index (χ4v) is 2.26. The summed E-state index contributed by atoms with van der Waals surface area (Å²) >= 11 is 0. The maximum Gasteiger partial charge on any atom is 1.00 e. The molecule has 20 heavy (non-hydrogen) atoms. The first-order chi connectivity index (χ1) is 9.06. The number of hydrogen-bond acceptors (Lipinski definition) is 2. The number of piperidine rings is 1. The van der Waals surface area contributed by atoms with Gasteiger partial charge in [-0.1, -0.05) is 12.1 Å². The number of hydrogen-bond donors (Lipinski definition) is 1. The first-order valence-electron chi connectivity index (χ1n) is 6.31. The molecular formula is C14H17FLiNO3. The maximum absolute atomic E-state index is 12.7. The fourth-order valence-electron chi connectivity index (χ4n) is 2.26. The average molecular weight is 273 g/mol. The van der Waals surface area contributed by atoms with E-state index in [1.807, 2.05) is 0 Å². The molecule has 0 atom stereocenters. The molecule has 0 unspecified atom stereocenters. The van der Waals surface area contributed by atoms with Gasteiger partial charge in [-0.15, -0.1) is 0 Å². The van der Waals surface area contributed by atoms with Crippen LogP contribution in [0.1, 0.15) is 19.8 Å². The summed E-state index contributed by atoms with van der Waals surface area (Å²) in [6, 6.07) is 5.85. The van der Waals surface area contributed by atoms with Gasteiger partial charge < -0.3 is 11.4 Å². The molecule has 1 N–H and O–H groups in total. The normalized spacial score (nSPS) is 15.6. The number of nitrogens with zero attached hydrogens (tertiary/aromatic N) is 1. The van der Waals surface area contributed by atoms with Crippen LogP contribution in [-0.4, -0.2) is 35.0 Å². The van der Waals surface area contributed by atoms with Crippen LogP contribution in [0, 0.1) is 11.7 Å². The molecule has 104 valence electrons. The Kier molecular flexibility index (Phi) is 6.25. The Hall–Kier alpha value is -1.31. The van der Waals surface area contributed by atoms with E-state index in [-0.39, 0.29) is 44.4 Å². The number of carbonyl (C=O) groups excluding carboxylic acids is 1. The molecule has 1 aromatic rings. The van der Waals surface area contributed by atoms with Crippen LogP contribution < -0.4 is 18.9 Å². The van der Waals surface area contributed by atoms with Crippen LogP contribution in [0.5, 0.6) is 0 Å². The molecule has 1 fully saturated rings. The number of carboxylic acids is 1. The van der Waals surface area contributed by atoms with Gasteiger partial charge in [0.15, 0.2) is 0 Å². The van der Waals surface area contributed by atoms with Crippen LogP contribution >= 0.6 is 0 Å². The first-order valence-corrected chi connectivity index (χ1v) is 6.31. The van der Waals surface area contributed by atoms with E-state index < -0.39 is 5.97 Å². The number of rotatable bonds is 3. The Bertz CT molecular complexity index is 476. The van der Waals surface area contributed by atoms with Crippen LogP contribution in [0.25, 0.3) is 0 Å². The third kappa shape index (κ3) is 4.36. The Morgan fingerprint density at radius 1 is 1.25 bits per heavy atom. The van der Waals surface area contributed by atoms with Crippen LogP contribution in [-0.2, 0) is 16.0 Å². The molecule has 1 aliphatic rings. The van der Waals surface area contributed by atoms with Gasteiger partial charge in [0.1, 0.15) is 5.82 Å². The van der Waals surface area contributed by atoms with E-state index in [2.05, 4.69) is 0 Å². The van der Waals surface area contributed by atoms with E-state index in [1.165, 1.54) is 12.1 Å². The Morgan fingerprint density at radius 3 is 2.30 bits per heavy atom. The molecule has 0 spiro atoms. The molecule has 0 radical (unpaired) electrons. The zero-order chi connectivity index (χ0) is 13.8. The van der Waals surface area contributed by atoms with Gasteiger partial charge in [0.25, 0.3) is 0 Å². The summed E-state index contributed by atoms with van der Waals surface area (Å²) in [6.45, 7) is 0.966. The van der Waals surface area contributed by atoms with Gasteiger partial charge in [-0.2, -0.15) is 0 Å². The Morgan fingerprint density at radius 2 is 1.80 bits per heavy atom. The summed E-state index contributed by atoms with van der Waals surface area (Å²) in [5.41, 5.74) is 0.770. The summed E-state index contributed by atoms with van der Waals surface area (Å²) in [4.78, 5) is 24.5. The van der Waals surface area contributed by atoms with E-state index in [4.69, 9.17) is 5.11 Å². The summed E-state index contributed by atoms with van der Waals surface area (Å²) in [6.07, 6.45) is 1.24. The largest absolute Gasteiger partial charge is 1.00 e. The van der Waals surface area contributed by atoms with Crippen molar-refractivity contribution in [3.63, 3.8) is 0 Å². The smallest absolute Gasteiger partial charge is 1.00 e. The second-order valence-corrected chi connectivity index (χ2v) is 4.80. The molecule has 0 bridgehead atoms.